The number of fused-ring (bicyclic) bond motifs is 1. The van der Waals surface area contributed by atoms with E-state index in [1.54, 1.807) is 0 Å². The molecule has 1 saturated heterocycles. The van der Waals surface area contributed by atoms with Crippen LogP contribution in [0.1, 0.15) is 58.8 Å². The van der Waals surface area contributed by atoms with Gasteiger partial charge in [-0.05, 0) is 31.6 Å². The summed E-state index contributed by atoms with van der Waals surface area (Å²) in [7, 11) is 0. The number of rotatable bonds is 9. The number of carboxylic acid groups (broad SMARTS) is 1. The highest BCUT2D eigenvalue weighted by Crippen LogP contribution is 2.48. The minimum atomic E-state index is -0.663. The third-order valence-electron chi connectivity index (χ3n) is 5.64. The van der Waals surface area contributed by atoms with Gasteiger partial charge in [0.1, 0.15) is 0 Å². The van der Waals surface area contributed by atoms with Crippen LogP contribution in [0.4, 0.5) is 0 Å². The number of unbranched alkanes of at least 4 members (excludes halogenated alkanes) is 2. The second kappa shape index (κ2) is 9.62. The van der Waals surface area contributed by atoms with Crippen molar-refractivity contribution in [1.82, 2.24) is 9.80 Å². The number of carbonyl (C=O) groups is 2. The number of halogens is 1. The average Bonchev–Trinajstić information content (AvgIpc) is 3.05. The molecule has 2 rings (SSSR count). The van der Waals surface area contributed by atoms with E-state index in [0.717, 1.165) is 64.6 Å². The summed E-state index contributed by atoms with van der Waals surface area (Å²) in [6.45, 7) is 7.65. The molecule has 0 unspecified atom stereocenters. The first-order valence-electron chi connectivity index (χ1n) is 9.27. The fraction of sp³-hybridized carbons (Fsp3) is 0.889. The van der Waals surface area contributed by atoms with Gasteiger partial charge in [0, 0.05) is 26.2 Å². The van der Waals surface area contributed by atoms with Crippen molar-refractivity contribution >= 4 is 24.3 Å². The van der Waals surface area contributed by atoms with Crippen LogP contribution in [-0.4, -0.2) is 59.5 Å². The molecule has 1 saturated carbocycles. The zero-order chi connectivity index (χ0) is 16.9. The second-order valence-corrected chi connectivity index (χ2v) is 7.31. The first-order valence-corrected chi connectivity index (χ1v) is 9.27. The molecule has 1 heterocycles. The monoisotopic (exact) mass is 360 g/mol. The van der Waals surface area contributed by atoms with Crippen LogP contribution in [0.25, 0.3) is 0 Å². The van der Waals surface area contributed by atoms with Crippen molar-refractivity contribution in [3.05, 3.63) is 0 Å². The quantitative estimate of drug-likeness (QED) is 0.686. The molecule has 1 aliphatic carbocycles. The van der Waals surface area contributed by atoms with Crippen LogP contribution in [-0.2, 0) is 9.59 Å². The highest BCUT2D eigenvalue weighted by Gasteiger charge is 2.54. The van der Waals surface area contributed by atoms with Gasteiger partial charge in [0.2, 0.25) is 5.91 Å². The van der Waals surface area contributed by atoms with Crippen molar-refractivity contribution in [2.45, 2.75) is 58.8 Å². The summed E-state index contributed by atoms with van der Waals surface area (Å²) in [5, 5.41) is 9.65. The number of carboxylic acids is 1. The van der Waals surface area contributed by atoms with Gasteiger partial charge in [0.15, 0.2) is 0 Å². The molecule has 0 bridgehead atoms. The molecule has 0 radical (unpaired) electrons. The Kier molecular flexibility index (Phi) is 8.51. The van der Waals surface area contributed by atoms with E-state index in [1.807, 2.05) is 4.90 Å². The lowest BCUT2D eigenvalue weighted by molar-refractivity contribution is -0.149. The Morgan fingerprint density at radius 1 is 1.21 bits per heavy atom. The van der Waals surface area contributed by atoms with Gasteiger partial charge in [-0.3, -0.25) is 14.5 Å². The van der Waals surface area contributed by atoms with E-state index in [1.165, 1.54) is 0 Å². The van der Waals surface area contributed by atoms with E-state index in [-0.39, 0.29) is 24.2 Å². The molecule has 24 heavy (non-hydrogen) atoms. The molecule has 2 fully saturated rings. The van der Waals surface area contributed by atoms with Gasteiger partial charge in [0.25, 0.3) is 0 Å². The number of hydrogen-bond donors (Lipinski definition) is 1. The van der Waals surface area contributed by atoms with Crippen LogP contribution in [0, 0.1) is 11.3 Å². The smallest absolute Gasteiger partial charge is 0.311 e. The zero-order valence-corrected chi connectivity index (χ0v) is 15.9. The fourth-order valence-corrected chi connectivity index (χ4v) is 4.21. The van der Waals surface area contributed by atoms with Gasteiger partial charge in [0.05, 0.1) is 12.0 Å². The molecule has 5 nitrogen and oxygen atoms in total. The predicted octanol–water partition coefficient (Wildman–Crippen LogP) is 3.02. The Labute approximate surface area is 152 Å². The maximum Gasteiger partial charge on any atom is 0.311 e. The Balaban J connectivity index is 0.00000288. The molecular weight excluding hydrogens is 328 g/mol. The summed E-state index contributed by atoms with van der Waals surface area (Å²) < 4.78 is 0. The van der Waals surface area contributed by atoms with Gasteiger partial charge in [-0.25, -0.2) is 0 Å². The van der Waals surface area contributed by atoms with E-state index < -0.39 is 11.4 Å². The Bertz CT molecular complexity index is 424. The molecule has 0 aromatic carbocycles. The SMILES string of the molecule is CCCCN(CCCC)C(=O)CN1C[C@@H]2CCC[C@@]2(C(=O)O)C1.Cl. The number of carbonyl (C=O) groups excluding carboxylic acids is 1. The topological polar surface area (TPSA) is 60.9 Å². The predicted molar refractivity (Wildman–Crippen MR) is 97.5 cm³/mol. The Morgan fingerprint density at radius 3 is 2.33 bits per heavy atom. The standard InChI is InChI=1S/C18H32N2O3.ClH/c1-3-5-10-20(11-6-4-2)16(21)13-19-12-15-8-7-9-18(15,14-19)17(22)23;/h15H,3-14H2,1-2H3,(H,22,23);1H/t15-,18+;/m0./s1. The number of hydrogen-bond acceptors (Lipinski definition) is 3. The lowest BCUT2D eigenvalue weighted by Crippen LogP contribution is -2.42. The molecule has 140 valence electrons. The van der Waals surface area contributed by atoms with Crippen LogP contribution in [0.15, 0.2) is 0 Å². The van der Waals surface area contributed by atoms with E-state index in [9.17, 15) is 14.7 Å². The minimum absolute atomic E-state index is 0. The number of aliphatic carboxylic acids is 1. The molecular formula is C18H33ClN2O3. The zero-order valence-electron chi connectivity index (χ0n) is 15.1. The Morgan fingerprint density at radius 2 is 1.83 bits per heavy atom. The third-order valence-corrected chi connectivity index (χ3v) is 5.64. The first-order chi connectivity index (χ1) is 11.0. The summed E-state index contributed by atoms with van der Waals surface area (Å²) in [6.07, 6.45) is 7.03. The molecule has 1 aliphatic heterocycles. The molecule has 2 aliphatic rings. The third kappa shape index (κ3) is 4.63. The van der Waals surface area contributed by atoms with Gasteiger partial charge in [-0.15, -0.1) is 12.4 Å². The average molecular weight is 361 g/mol. The number of amides is 1. The molecule has 6 heteroatoms. The fourth-order valence-electron chi connectivity index (χ4n) is 4.21. The highest BCUT2D eigenvalue weighted by atomic mass is 35.5. The maximum absolute atomic E-state index is 12.6. The highest BCUT2D eigenvalue weighted by molar-refractivity contribution is 5.85. The van der Waals surface area contributed by atoms with Gasteiger partial charge in [-0.2, -0.15) is 0 Å². The summed E-state index contributed by atoms with van der Waals surface area (Å²) in [6, 6.07) is 0. The number of nitrogens with zero attached hydrogens (tertiary/aromatic N) is 2. The van der Waals surface area contributed by atoms with Crippen molar-refractivity contribution in [3.63, 3.8) is 0 Å². The van der Waals surface area contributed by atoms with Gasteiger partial charge in [-0.1, -0.05) is 33.1 Å². The molecule has 1 N–H and O–H groups in total. The van der Waals surface area contributed by atoms with E-state index in [0.29, 0.717) is 13.1 Å². The van der Waals surface area contributed by atoms with Crippen LogP contribution >= 0.6 is 12.4 Å². The van der Waals surface area contributed by atoms with E-state index in [2.05, 4.69) is 18.7 Å². The van der Waals surface area contributed by atoms with E-state index >= 15 is 0 Å². The van der Waals surface area contributed by atoms with Crippen molar-refractivity contribution < 1.29 is 14.7 Å². The van der Waals surface area contributed by atoms with Crippen molar-refractivity contribution in [2.75, 3.05) is 32.7 Å². The van der Waals surface area contributed by atoms with Crippen LogP contribution in [0.5, 0.6) is 0 Å². The maximum atomic E-state index is 12.6. The van der Waals surface area contributed by atoms with Crippen molar-refractivity contribution in [2.24, 2.45) is 11.3 Å². The molecule has 0 spiro atoms. The lowest BCUT2D eigenvalue weighted by atomic mass is 9.81. The minimum Gasteiger partial charge on any atom is -0.481 e. The summed E-state index contributed by atoms with van der Waals surface area (Å²) >= 11 is 0. The largest absolute Gasteiger partial charge is 0.481 e. The van der Waals surface area contributed by atoms with E-state index in [4.69, 9.17) is 0 Å². The van der Waals surface area contributed by atoms with Crippen LogP contribution in [0.3, 0.4) is 0 Å². The number of likely N-dealkylation sites (tertiary alicyclic amines) is 1. The van der Waals surface area contributed by atoms with Crippen molar-refractivity contribution in [3.8, 4) is 0 Å². The van der Waals surface area contributed by atoms with Crippen LogP contribution in [0.2, 0.25) is 0 Å². The normalized spacial score (nSPS) is 26.0. The van der Waals surface area contributed by atoms with Gasteiger partial charge < -0.3 is 10.0 Å². The summed E-state index contributed by atoms with van der Waals surface area (Å²) in [5.41, 5.74) is -0.585. The summed E-state index contributed by atoms with van der Waals surface area (Å²) in [5.74, 6) is -0.260. The Hall–Kier alpha value is -0.810. The lowest BCUT2D eigenvalue weighted by Gasteiger charge is -2.26. The molecule has 1 amide bonds. The van der Waals surface area contributed by atoms with Crippen LogP contribution < -0.4 is 0 Å². The first kappa shape index (κ1) is 21.2. The molecule has 0 aromatic heterocycles. The molecule has 2 atom stereocenters. The molecule has 0 aromatic rings. The summed E-state index contributed by atoms with van der Waals surface area (Å²) in [4.78, 5) is 28.4. The van der Waals surface area contributed by atoms with Gasteiger partial charge >= 0.3 is 5.97 Å². The van der Waals surface area contributed by atoms with Crippen molar-refractivity contribution in [1.29, 1.82) is 0 Å². The second-order valence-electron chi connectivity index (χ2n) is 7.31.